The number of carbonyl (C=O) groups is 1. The standard InChI is InChI=1S/C13H24N4O2S/c1-6-7-14-11(18)9(2)15-8-10-12(19-5)16-13(20-10)17(3)4/h9,15H,6-8H2,1-5H3,(H,14,18). The van der Waals surface area contributed by atoms with Crippen LogP contribution in [0, 0.1) is 0 Å². The van der Waals surface area contributed by atoms with E-state index in [9.17, 15) is 4.79 Å². The highest BCUT2D eigenvalue weighted by molar-refractivity contribution is 7.15. The zero-order valence-corrected chi connectivity index (χ0v) is 13.6. The van der Waals surface area contributed by atoms with Crippen LogP contribution in [0.1, 0.15) is 25.1 Å². The summed E-state index contributed by atoms with van der Waals surface area (Å²) < 4.78 is 5.27. The molecule has 1 rings (SSSR count). The smallest absolute Gasteiger partial charge is 0.236 e. The van der Waals surface area contributed by atoms with E-state index in [1.165, 1.54) is 0 Å². The van der Waals surface area contributed by atoms with Crippen LogP contribution in [0.3, 0.4) is 0 Å². The molecule has 1 aromatic rings. The fraction of sp³-hybridized carbons (Fsp3) is 0.692. The van der Waals surface area contributed by atoms with Crippen molar-refractivity contribution in [3.8, 4) is 5.88 Å². The van der Waals surface area contributed by atoms with E-state index in [0.29, 0.717) is 19.0 Å². The highest BCUT2D eigenvalue weighted by Crippen LogP contribution is 2.30. The molecule has 0 aliphatic rings. The molecule has 1 aromatic heterocycles. The van der Waals surface area contributed by atoms with E-state index >= 15 is 0 Å². The lowest BCUT2D eigenvalue weighted by Gasteiger charge is -2.13. The van der Waals surface area contributed by atoms with Crippen molar-refractivity contribution in [2.45, 2.75) is 32.9 Å². The Kier molecular flexibility index (Phi) is 6.74. The van der Waals surface area contributed by atoms with Crippen LogP contribution in [0.15, 0.2) is 0 Å². The fourth-order valence-corrected chi connectivity index (χ4v) is 2.43. The SMILES string of the molecule is CCCNC(=O)C(C)NCc1sc(N(C)C)nc1OC. The van der Waals surface area contributed by atoms with Crippen LogP contribution in [-0.2, 0) is 11.3 Å². The Morgan fingerprint density at radius 3 is 2.75 bits per heavy atom. The molecule has 0 aliphatic heterocycles. The Balaban J connectivity index is 2.58. The molecule has 0 radical (unpaired) electrons. The number of nitrogens with one attached hydrogen (secondary N) is 2. The number of hydrogen-bond acceptors (Lipinski definition) is 6. The number of aromatic nitrogens is 1. The molecule has 0 saturated carbocycles. The first-order valence-corrected chi connectivity index (χ1v) is 7.53. The summed E-state index contributed by atoms with van der Waals surface area (Å²) in [6.07, 6.45) is 0.938. The quantitative estimate of drug-likeness (QED) is 0.756. The third-order valence-electron chi connectivity index (χ3n) is 2.74. The van der Waals surface area contributed by atoms with E-state index in [-0.39, 0.29) is 11.9 Å². The Morgan fingerprint density at radius 2 is 2.20 bits per heavy atom. The van der Waals surface area contributed by atoms with Crippen molar-refractivity contribution < 1.29 is 9.53 Å². The molecule has 0 spiro atoms. The van der Waals surface area contributed by atoms with Gasteiger partial charge in [0.25, 0.3) is 0 Å². The molecule has 1 amide bonds. The van der Waals surface area contributed by atoms with Crippen molar-refractivity contribution in [3.05, 3.63) is 4.88 Å². The molecule has 20 heavy (non-hydrogen) atoms. The molecule has 1 unspecified atom stereocenters. The van der Waals surface area contributed by atoms with Crippen LogP contribution >= 0.6 is 11.3 Å². The first kappa shape index (κ1) is 16.7. The fourth-order valence-electron chi connectivity index (χ4n) is 1.53. The van der Waals surface area contributed by atoms with Crippen molar-refractivity contribution in [1.29, 1.82) is 0 Å². The minimum absolute atomic E-state index is 0.0168. The van der Waals surface area contributed by atoms with Crippen molar-refractivity contribution >= 4 is 22.4 Å². The summed E-state index contributed by atoms with van der Waals surface area (Å²) in [6, 6.07) is -0.240. The molecule has 1 atom stereocenters. The molecule has 6 nitrogen and oxygen atoms in total. The van der Waals surface area contributed by atoms with Gasteiger partial charge in [0.1, 0.15) is 0 Å². The number of nitrogens with zero attached hydrogens (tertiary/aromatic N) is 2. The Bertz CT molecular complexity index is 434. The lowest BCUT2D eigenvalue weighted by molar-refractivity contribution is -0.122. The maximum Gasteiger partial charge on any atom is 0.236 e. The largest absolute Gasteiger partial charge is 0.480 e. The minimum Gasteiger partial charge on any atom is -0.480 e. The van der Waals surface area contributed by atoms with Crippen LogP contribution < -0.4 is 20.3 Å². The number of methoxy groups -OCH3 is 1. The van der Waals surface area contributed by atoms with Gasteiger partial charge in [0, 0.05) is 27.2 Å². The van der Waals surface area contributed by atoms with Gasteiger partial charge in [0.15, 0.2) is 5.13 Å². The zero-order chi connectivity index (χ0) is 15.1. The van der Waals surface area contributed by atoms with Crippen LogP contribution in [0.4, 0.5) is 5.13 Å². The molecule has 0 fully saturated rings. The Hall–Kier alpha value is -1.34. The monoisotopic (exact) mass is 300 g/mol. The van der Waals surface area contributed by atoms with E-state index in [1.54, 1.807) is 18.4 Å². The average Bonchev–Trinajstić information content (AvgIpc) is 2.85. The van der Waals surface area contributed by atoms with Gasteiger partial charge >= 0.3 is 0 Å². The first-order valence-electron chi connectivity index (χ1n) is 6.71. The summed E-state index contributed by atoms with van der Waals surface area (Å²) in [7, 11) is 5.49. The number of hydrogen-bond donors (Lipinski definition) is 2. The third-order valence-corrected chi connectivity index (χ3v) is 3.94. The third kappa shape index (κ3) is 4.64. The number of anilines is 1. The van der Waals surface area contributed by atoms with Crippen molar-refractivity contribution in [2.75, 3.05) is 32.6 Å². The van der Waals surface area contributed by atoms with Gasteiger partial charge in [-0.15, -0.1) is 0 Å². The summed E-state index contributed by atoms with van der Waals surface area (Å²) in [4.78, 5) is 19.1. The molecule has 0 aliphatic carbocycles. The highest BCUT2D eigenvalue weighted by atomic mass is 32.1. The van der Waals surface area contributed by atoms with E-state index < -0.39 is 0 Å². The lowest BCUT2D eigenvalue weighted by Crippen LogP contribution is -2.41. The molecule has 0 saturated heterocycles. The molecule has 0 aromatic carbocycles. The van der Waals surface area contributed by atoms with Gasteiger partial charge in [-0.3, -0.25) is 4.79 Å². The molecule has 7 heteroatoms. The maximum absolute atomic E-state index is 11.8. The number of amides is 1. The van der Waals surface area contributed by atoms with Crippen molar-refractivity contribution in [2.24, 2.45) is 0 Å². The van der Waals surface area contributed by atoms with Crippen LogP contribution in [0.25, 0.3) is 0 Å². The van der Waals surface area contributed by atoms with Gasteiger partial charge in [-0.2, -0.15) is 4.98 Å². The number of ether oxygens (including phenoxy) is 1. The van der Waals surface area contributed by atoms with E-state index in [4.69, 9.17) is 4.74 Å². The zero-order valence-electron chi connectivity index (χ0n) is 12.8. The molecular formula is C13H24N4O2S. The van der Waals surface area contributed by atoms with Gasteiger partial charge in [-0.05, 0) is 13.3 Å². The maximum atomic E-state index is 11.8. The molecule has 114 valence electrons. The van der Waals surface area contributed by atoms with Crippen LogP contribution in [-0.4, -0.2) is 44.7 Å². The summed E-state index contributed by atoms with van der Waals surface area (Å²) in [5.74, 6) is 0.635. The van der Waals surface area contributed by atoms with Crippen LogP contribution in [0.2, 0.25) is 0 Å². The topological polar surface area (TPSA) is 66.5 Å². The van der Waals surface area contributed by atoms with Crippen molar-refractivity contribution in [3.63, 3.8) is 0 Å². The van der Waals surface area contributed by atoms with Crippen molar-refractivity contribution in [1.82, 2.24) is 15.6 Å². The predicted molar refractivity (Wildman–Crippen MR) is 82.6 cm³/mol. The Labute approximate surface area is 124 Å². The predicted octanol–water partition coefficient (Wildman–Crippen LogP) is 1.22. The minimum atomic E-state index is -0.240. The normalized spacial score (nSPS) is 12.1. The van der Waals surface area contributed by atoms with Crippen LogP contribution in [0.5, 0.6) is 5.88 Å². The summed E-state index contributed by atoms with van der Waals surface area (Å²) >= 11 is 1.56. The summed E-state index contributed by atoms with van der Waals surface area (Å²) in [5, 5.41) is 6.95. The van der Waals surface area contributed by atoms with Gasteiger partial charge in [0.2, 0.25) is 11.8 Å². The lowest BCUT2D eigenvalue weighted by atomic mass is 10.3. The molecule has 1 heterocycles. The van der Waals surface area contributed by atoms with E-state index in [2.05, 4.69) is 15.6 Å². The van der Waals surface area contributed by atoms with E-state index in [0.717, 1.165) is 16.4 Å². The van der Waals surface area contributed by atoms with Gasteiger partial charge in [0.05, 0.1) is 18.0 Å². The number of rotatable bonds is 8. The molecule has 2 N–H and O–H groups in total. The average molecular weight is 300 g/mol. The van der Waals surface area contributed by atoms with Gasteiger partial charge in [-0.1, -0.05) is 18.3 Å². The molecule has 0 bridgehead atoms. The summed E-state index contributed by atoms with van der Waals surface area (Å²) in [6.45, 7) is 5.16. The number of thiazole rings is 1. The van der Waals surface area contributed by atoms with Gasteiger partial charge in [-0.25, -0.2) is 0 Å². The highest BCUT2D eigenvalue weighted by Gasteiger charge is 2.16. The Morgan fingerprint density at radius 1 is 1.50 bits per heavy atom. The first-order chi connectivity index (χ1) is 9.49. The summed E-state index contributed by atoms with van der Waals surface area (Å²) in [5.41, 5.74) is 0. The number of carbonyl (C=O) groups excluding carboxylic acids is 1. The second kappa shape index (κ2) is 8.06. The second-order valence-electron chi connectivity index (χ2n) is 4.72. The van der Waals surface area contributed by atoms with Gasteiger partial charge < -0.3 is 20.3 Å². The second-order valence-corrected chi connectivity index (χ2v) is 5.78. The van der Waals surface area contributed by atoms with E-state index in [1.807, 2.05) is 32.8 Å². The molecular weight excluding hydrogens is 276 g/mol.